The van der Waals surface area contributed by atoms with Crippen molar-refractivity contribution < 1.29 is 4.74 Å². The maximum Gasteiger partial charge on any atom is 0.123 e. The van der Waals surface area contributed by atoms with Gasteiger partial charge >= 0.3 is 0 Å². The largest absolute Gasteiger partial charge is 0.489 e. The summed E-state index contributed by atoms with van der Waals surface area (Å²) in [7, 11) is 0. The third-order valence-electron chi connectivity index (χ3n) is 4.20. The summed E-state index contributed by atoms with van der Waals surface area (Å²) in [5.74, 6) is 1.64. The van der Waals surface area contributed by atoms with Crippen molar-refractivity contribution in [2.75, 3.05) is 13.1 Å². The maximum absolute atomic E-state index is 6.21. The highest BCUT2D eigenvalue weighted by molar-refractivity contribution is 6.30. The number of benzene rings is 1. The van der Waals surface area contributed by atoms with E-state index in [1.807, 2.05) is 12.1 Å². The third kappa shape index (κ3) is 5.19. The minimum atomic E-state index is 0.181. The second-order valence-electron chi connectivity index (χ2n) is 6.15. The quantitative estimate of drug-likeness (QED) is 0.703. The number of hydrogen-bond acceptors (Lipinski definition) is 2. The highest BCUT2D eigenvalue weighted by Crippen LogP contribution is 2.39. The monoisotopic (exact) mass is 309 g/mol. The van der Waals surface area contributed by atoms with Crippen molar-refractivity contribution in [3.63, 3.8) is 0 Å². The summed E-state index contributed by atoms with van der Waals surface area (Å²) < 4.78 is 6.18. The van der Waals surface area contributed by atoms with Crippen LogP contribution in [-0.4, -0.2) is 19.2 Å². The second-order valence-corrected chi connectivity index (χ2v) is 6.59. The molecule has 2 rings (SSSR count). The van der Waals surface area contributed by atoms with Crippen LogP contribution < -0.4 is 10.1 Å². The van der Waals surface area contributed by atoms with Crippen molar-refractivity contribution in [2.45, 2.75) is 64.4 Å². The Labute approximate surface area is 134 Å². The first-order valence-electron chi connectivity index (χ1n) is 8.37. The smallest absolute Gasteiger partial charge is 0.123 e. The lowest BCUT2D eigenvalue weighted by Crippen LogP contribution is -2.29. The molecule has 0 saturated heterocycles. The lowest BCUT2D eigenvalue weighted by atomic mass is 9.83. The Hall–Kier alpha value is -0.730. The molecule has 0 aliphatic heterocycles. The lowest BCUT2D eigenvalue weighted by Gasteiger charge is -2.26. The molecule has 1 aromatic rings. The molecule has 1 unspecified atom stereocenters. The summed E-state index contributed by atoms with van der Waals surface area (Å²) in [6, 6.07) is 6.09. The molecule has 0 spiro atoms. The number of hydrogen-bond donors (Lipinski definition) is 1. The summed E-state index contributed by atoms with van der Waals surface area (Å²) in [6.07, 6.45) is 7.87. The van der Waals surface area contributed by atoms with E-state index in [-0.39, 0.29) is 6.10 Å². The molecular weight excluding hydrogens is 282 g/mol. The Balaban J connectivity index is 2.03. The molecule has 1 aromatic carbocycles. The van der Waals surface area contributed by atoms with E-state index in [1.165, 1.54) is 37.7 Å². The molecule has 1 aliphatic carbocycles. The summed E-state index contributed by atoms with van der Waals surface area (Å²) in [5, 5.41) is 4.23. The molecular formula is C18H28ClNO. The molecule has 21 heavy (non-hydrogen) atoms. The molecule has 1 aliphatic rings. The zero-order valence-corrected chi connectivity index (χ0v) is 14.1. The summed E-state index contributed by atoms with van der Waals surface area (Å²) >= 11 is 6.21. The van der Waals surface area contributed by atoms with Gasteiger partial charge in [-0.05, 0) is 62.4 Å². The average Bonchev–Trinajstić information content (AvgIpc) is 2.50. The zero-order chi connectivity index (χ0) is 15.1. The van der Waals surface area contributed by atoms with Crippen molar-refractivity contribution in [1.82, 2.24) is 5.32 Å². The summed E-state index contributed by atoms with van der Waals surface area (Å²) in [6.45, 7) is 6.24. The van der Waals surface area contributed by atoms with Crippen LogP contribution in [0.2, 0.25) is 5.02 Å². The van der Waals surface area contributed by atoms with Gasteiger partial charge in [-0.1, -0.05) is 37.8 Å². The van der Waals surface area contributed by atoms with Gasteiger partial charge in [-0.15, -0.1) is 0 Å². The predicted molar refractivity (Wildman–Crippen MR) is 90.5 cm³/mol. The van der Waals surface area contributed by atoms with Crippen molar-refractivity contribution >= 4 is 11.6 Å². The van der Waals surface area contributed by atoms with Crippen molar-refractivity contribution in [1.29, 1.82) is 0 Å². The van der Waals surface area contributed by atoms with Crippen LogP contribution in [-0.2, 0) is 0 Å². The SMILES string of the molecule is CCCNCC(C)Oc1ccc(Cl)cc1C1CCCCC1. The Morgan fingerprint density at radius 3 is 2.76 bits per heavy atom. The van der Waals surface area contributed by atoms with Gasteiger partial charge in [0.05, 0.1) is 0 Å². The highest BCUT2D eigenvalue weighted by atomic mass is 35.5. The van der Waals surface area contributed by atoms with Gasteiger partial charge in [0, 0.05) is 11.6 Å². The lowest BCUT2D eigenvalue weighted by molar-refractivity contribution is 0.213. The highest BCUT2D eigenvalue weighted by Gasteiger charge is 2.20. The molecule has 2 nitrogen and oxygen atoms in total. The normalized spacial score (nSPS) is 17.7. The number of rotatable bonds is 7. The minimum Gasteiger partial charge on any atom is -0.489 e. The van der Waals surface area contributed by atoms with Gasteiger partial charge in [-0.3, -0.25) is 0 Å². The van der Waals surface area contributed by atoms with Crippen LogP contribution in [0.1, 0.15) is 63.9 Å². The molecule has 1 N–H and O–H groups in total. The first kappa shape index (κ1) is 16.6. The molecule has 0 radical (unpaired) electrons. The van der Waals surface area contributed by atoms with Gasteiger partial charge < -0.3 is 10.1 Å². The van der Waals surface area contributed by atoms with Gasteiger partial charge in [-0.2, -0.15) is 0 Å². The fourth-order valence-electron chi connectivity index (χ4n) is 3.10. The van der Waals surface area contributed by atoms with E-state index in [1.54, 1.807) is 0 Å². The summed E-state index contributed by atoms with van der Waals surface area (Å²) in [4.78, 5) is 0. The van der Waals surface area contributed by atoms with Crippen molar-refractivity contribution in [3.05, 3.63) is 28.8 Å². The minimum absolute atomic E-state index is 0.181. The molecule has 3 heteroatoms. The Morgan fingerprint density at radius 1 is 1.29 bits per heavy atom. The molecule has 0 heterocycles. The van der Waals surface area contributed by atoms with Crippen LogP contribution in [0.4, 0.5) is 0 Å². The van der Waals surface area contributed by atoms with Crippen molar-refractivity contribution in [2.24, 2.45) is 0 Å². The number of nitrogens with one attached hydrogen (secondary N) is 1. The van der Waals surface area contributed by atoms with Gasteiger partial charge in [0.2, 0.25) is 0 Å². The van der Waals surface area contributed by atoms with Gasteiger partial charge in [0.25, 0.3) is 0 Å². The molecule has 1 saturated carbocycles. The Kier molecular flexibility index (Phi) is 6.85. The van der Waals surface area contributed by atoms with E-state index in [0.717, 1.165) is 30.3 Å². The van der Waals surface area contributed by atoms with Crippen LogP contribution in [0.3, 0.4) is 0 Å². The van der Waals surface area contributed by atoms with E-state index >= 15 is 0 Å². The predicted octanol–water partition coefficient (Wildman–Crippen LogP) is 5.15. The van der Waals surface area contributed by atoms with E-state index in [0.29, 0.717) is 5.92 Å². The Bertz CT molecular complexity index is 429. The molecule has 1 fully saturated rings. The fourth-order valence-corrected chi connectivity index (χ4v) is 3.28. The van der Waals surface area contributed by atoms with E-state index in [2.05, 4.69) is 25.2 Å². The molecule has 0 aromatic heterocycles. The zero-order valence-electron chi connectivity index (χ0n) is 13.3. The Morgan fingerprint density at radius 2 is 2.05 bits per heavy atom. The average molecular weight is 310 g/mol. The molecule has 0 amide bonds. The standard InChI is InChI=1S/C18H28ClNO/c1-3-11-20-13-14(2)21-18-10-9-16(19)12-17(18)15-7-5-4-6-8-15/h9-10,12,14-15,20H,3-8,11,13H2,1-2H3. The maximum atomic E-state index is 6.21. The topological polar surface area (TPSA) is 21.3 Å². The van der Waals surface area contributed by atoms with Crippen LogP contribution in [0.5, 0.6) is 5.75 Å². The number of halogens is 1. The van der Waals surface area contributed by atoms with E-state index in [4.69, 9.17) is 16.3 Å². The van der Waals surface area contributed by atoms with Crippen LogP contribution >= 0.6 is 11.6 Å². The first-order chi connectivity index (χ1) is 10.2. The number of ether oxygens (including phenoxy) is 1. The second kappa shape index (κ2) is 8.65. The third-order valence-corrected chi connectivity index (χ3v) is 4.44. The first-order valence-corrected chi connectivity index (χ1v) is 8.75. The molecule has 118 valence electrons. The van der Waals surface area contributed by atoms with Crippen LogP contribution in [0.25, 0.3) is 0 Å². The van der Waals surface area contributed by atoms with Gasteiger partial charge in [0.15, 0.2) is 0 Å². The van der Waals surface area contributed by atoms with Crippen LogP contribution in [0.15, 0.2) is 18.2 Å². The van der Waals surface area contributed by atoms with Crippen LogP contribution in [0, 0.1) is 0 Å². The molecule has 0 bridgehead atoms. The van der Waals surface area contributed by atoms with E-state index in [9.17, 15) is 0 Å². The molecule has 1 atom stereocenters. The fraction of sp³-hybridized carbons (Fsp3) is 0.667. The van der Waals surface area contributed by atoms with Gasteiger partial charge in [-0.25, -0.2) is 0 Å². The summed E-state index contributed by atoms with van der Waals surface area (Å²) in [5.41, 5.74) is 1.31. The van der Waals surface area contributed by atoms with Gasteiger partial charge in [0.1, 0.15) is 11.9 Å². The van der Waals surface area contributed by atoms with E-state index < -0.39 is 0 Å². The van der Waals surface area contributed by atoms with Crippen molar-refractivity contribution in [3.8, 4) is 5.75 Å².